The van der Waals surface area contributed by atoms with E-state index in [9.17, 15) is 0 Å². The first-order valence-corrected chi connectivity index (χ1v) is 8.69. The van der Waals surface area contributed by atoms with Crippen molar-refractivity contribution in [2.75, 3.05) is 0 Å². The molecule has 0 bridgehead atoms. The van der Waals surface area contributed by atoms with Gasteiger partial charge in [-0.1, -0.05) is 54.6 Å². The second-order valence-electron chi connectivity index (χ2n) is 4.47. The fourth-order valence-corrected chi connectivity index (χ4v) is 4.89. The molecular weight excluding hydrogens is 342 g/mol. The minimum Gasteiger partial charge on any atom is -0.358 e. The minimum absolute atomic E-state index is 0. The molecule has 23 heavy (non-hydrogen) atoms. The van der Waals surface area contributed by atoms with E-state index in [0.717, 1.165) is 0 Å². The van der Waals surface area contributed by atoms with Crippen LogP contribution in [-0.2, 0) is 16.5 Å². The van der Waals surface area contributed by atoms with E-state index in [1.165, 1.54) is 15.9 Å². The molecule has 0 aliphatic heterocycles. The predicted octanol–water partition coefficient (Wildman–Crippen LogP) is 4.47. The Morgan fingerprint density at radius 1 is 0.522 bits per heavy atom. The van der Waals surface area contributed by atoms with Crippen molar-refractivity contribution in [3.63, 3.8) is 0 Å². The number of rotatable bonds is 3. The van der Waals surface area contributed by atoms with Crippen LogP contribution in [0.3, 0.4) is 0 Å². The zero-order chi connectivity index (χ0) is 14.9. The van der Waals surface area contributed by atoms with Gasteiger partial charge in [0.25, 0.3) is 0 Å². The third-order valence-electron chi connectivity index (χ3n) is 3.19. The molecule has 0 N–H and O–H groups in total. The van der Waals surface area contributed by atoms with E-state index in [4.69, 9.17) is 0 Å². The fourth-order valence-electron chi connectivity index (χ4n) is 2.31. The Labute approximate surface area is 152 Å². The Morgan fingerprint density at radius 3 is 0.957 bits per heavy atom. The third kappa shape index (κ3) is 5.94. The van der Waals surface area contributed by atoms with Crippen LogP contribution in [0.5, 0.6) is 0 Å². The van der Waals surface area contributed by atoms with Crippen molar-refractivity contribution < 1.29 is 16.5 Å². The molecule has 0 saturated heterocycles. The van der Waals surface area contributed by atoms with E-state index in [0.29, 0.717) is 0 Å². The topological polar surface area (TPSA) is 0 Å². The maximum Gasteiger partial charge on any atom is 2.00 e. The molecule has 0 radical (unpaired) electrons. The average molecular weight is 366 g/mol. The average Bonchev–Trinajstić information content (AvgIpc) is 2.60. The van der Waals surface area contributed by atoms with Crippen LogP contribution in [0.1, 0.15) is 6.92 Å². The van der Waals surface area contributed by atoms with Crippen LogP contribution in [0.2, 0.25) is 0 Å². The van der Waals surface area contributed by atoms with Gasteiger partial charge >= 0.3 is 16.5 Å². The molecule has 3 aromatic rings. The zero-order valence-electron chi connectivity index (χ0n) is 13.7. The van der Waals surface area contributed by atoms with Crippen LogP contribution >= 0.6 is 7.92 Å². The smallest absolute Gasteiger partial charge is 0.358 e. The summed E-state index contributed by atoms with van der Waals surface area (Å²) in [6.07, 6.45) is 0. The zero-order valence-corrected chi connectivity index (χ0v) is 15.7. The second-order valence-corrected chi connectivity index (χ2v) is 6.96. The van der Waals surface area contributed by atoms with Crippen LogP contribution in [-0.4, -0.2) is 0 Å². The summed E-state index contributed by atoms with van der Waals surface area (Å²) in [6.45, 7) is 5.00. The normalized spacial score (nSPS) is 9.00. The van der Waals surface area contributed by atoms with Crippen LogP contribution in [0.25, 0.3) is 0 Å². The van der Waals surface area contributed by atoms with Gasteiger partial charge in [-0.05, 0) is 36.4 Å². The summed E-state index contributed by atoms with van der Waals surface area (Å²) >= 11 is 0. The van der Waals surface area contributed by atoms with Gasteiger partial charge in [0.1, 0.15) is 15.9 Å². The van der Waals surface area contributed by atoms with Gasteiger partial charge in [-0.3, -0.25) is 0 Å². The third-order valence-corrected chi connectivity index (χ3v) is 5.92. The summed E-state index contributed by atoms with van der Waals surface area (Å²) < 4.78 is 0. The van der Waals surface area contributed by atoms with Crippen molar-refractivity contribution in [3.8, 4) is 0 Å². The molecule has 2 heteroatoms. The molecule has 0 aromatic heterocycles. The first-order valence-electron chi connectivity index (χ1n) is 7.19. The minimum atomic E-state index is -0.877. The van der Waals surface area contributed by atoms with Gasteiger partial charge in [-0.25, -0.2) is 0 Å². The quantitative estimate of drug-likeness (QED) is 0.365. The van der Waals surface area contributed by atoms with Crippen molar-refractivity contribution in [1.82, 2.24) is 0 Å². The van der Waals surface area contributed by atoms with Crippen LogP contribution in [0.4, 0.5) is 0 Å². The molecule has 3 aromatic carbocycles. The predicted molar refractivity (Wildman–Crippen MR) is 104 cm³/mol. The van der Waals surface area contributed by atoms with E-state index >= 15 is 0 Å². The first-order chi connectivity index (χ1) is 10.4. The molecule has 0 aliphatic carbocycles. The molecule has 3 rings (SSSR count). The van der Waals surface area contributed by atoms with Gasteiger partial charge < -0.3 is 14.4 Å². The van der Waals surface area contributed by atoms with Gasteiger partial charge in [0, 0.05) is 0 Å². The SMILES string of the molecule is [CH2-]C.[CH3-].[Ni+2].c1ccc([PH+](c2ccccc2)c2ccccc2)cc1. The molecule has 122 valence electrons. The van der Waals surface area contributed by atoms with E-state index in [2.05, 4.69) is 97.9 Å². The van der Waals surface area contributed by atoms with Gasteiger partial charge in [-0.2, -0.15) is 6.92 Å². The van der Waals surface area contributed by atoms with Gasteiger partial charge in [0.15, 0.2) is 0 Å². The first kappa shape index (κ1) is 21.6. The Balaban J connectivity index is 0.00000117. The van der Waals surface area contributed by atoms with Crippen molar-refractivity contribution in [2.24, 2.45) is 0 Å². The Bertz CT molecular complexity index is 530. The molecule has 0 unspecified atom stereocenters. The molecule has 0 saturated carbocycles. The summed E-state index contributed by atoms with van der Waals surface area (Å²) in [5.74, 6) is 0. The molecule has 0 nitrogen and oxygen atoms in total. The maximum atomic E-state index is 3.25. The summed E-state index contributed by atoms with van der Waals surface area (Å²) in [4.78, 5) is 0. The molecule has 0 heterocycles. The van der Waals surface area contributed by atoms with E-state index in [-0.39, 0.29) is 23.9 Å². The molecule has 0 atom stereocenters. The number of hydrogen-bond acceptors (Lipinski definition) is 0. The maximum absolute atomic E-state index is 3.25. The van der Waals surface area contributed by atoms with Gasteiger partial charge in [0.2, 0.25) is 0 Å². The number of hydrogen-bond donors (Lipinski definition) is 0. The number of benzene rings is 3. The molecular formula is C21H24NiP+. The van der Waals surface area contributed by atoms with Crippen LogP contribution in [0, 0.1) is 14.4 Å². The van der Waals surface area contributed by atoms with Gasteiger partial charge in [-0.15, -0.1) is 0 Å². The Morgan fingerprint density at radius 2 is 0.739 bits per heavy atom. The monoisotopic (exact) mass is 365 g/mol. The fraction of sp³-hybridized carbons (Fsp3) is 0.0476. The molecule has 0 spiro atoms. The van der Waals surface area contributed by atoms with Crippen LogP contribution in [0.15, 0.2) is 91.0 Å². The largest absolute Gasteiger partial charge is 2.00 e. The van der Waals surface area contributed by atoms with E-state index in [1.54, 1.807) is 6.92 Å². The van der Waals surface area contributed by atoms with Crippen molar-refractivity contribution >= 4 is 23.8 Å². The van der Waals surface area contributed by atoms with Crippen LogP contribution < -0.4 is 15.9 Å². The summed E-state index contributed by atoms with van der Waals surface area (Å²) in [6, 6.07) is 32.5. The molecule has 0 fully saturated rings. The van der Waals surface area contributed by atoms with Crippen molar-refractivity contribution in [1.29, 1.82) is 0 Å². The van der Waals surface area contributed by atoms with Gasteiger partial charge in [0.05, 0.1) is 7.92 Å². The van der Waals surface area contributed by atoms with Crippen molar-refractivity contribution in [3.05, 3.63) is 105 Å². The molecule has 0 amide bonds. The Hall–Kier alpha value is -1.42. The Kier molecular flexibility index (Phi) is 11.3. The van der Waals surface area contributed by atoms with E-state index in [1.807, 2.05) is 0 Å². The second kappa shape index (κ2) is 12.1. The summed E-state index contributed by atoms with van der Waals surface area (Å²) in [5, 5.41) is 4.31. The van der Waals surface area contributed by atoms with E-state index < -0.39 is 7.92 Å². The van der Waals surface area contributed by atoms with Crippen molar-refractivity contribution in [2.45, 2.75) is 6.92 Å². The summed E-state index contributed by atoms with van der Waals surface area (Å²) in [5.41, 5.74) is 0. The molecule has 0 aliphatic rings. The summed E-state index contributed by atoms with van der Waals surface area (Å²) in [7, 11) is -0.877. The standard InChI is InChI=1S/C18H15P.C2H5.CH3.Ni/c1-4-10-16(11-5-1)19(17-12-6-2-7-13-17)18-14-8-3-9-15-18;1-2;;/h1-15H;1H2,2H3;1H3;/q;2*-1;+2/p+1.